The van der Waals surface area contributed by atoms with Crippen LogP contribution in [-0.2, 0) is 13.0 Å². The number of aromatic nitrogens is 2. The van der Waals surface area contributed by atoms with Crippen molar-refractivity contribution in [1.82, 2.24) is 9.55 Å². The third-order valence-corrected chi connectivity index (χ3v) is 3.31. The van der Waals surface area contributed by atoms with E-state index in [1.165, 1.54) is 0 Å². The average molecular weight is 273 g/mol. The lowest BCUT2D eigenvalue weighted by Crippen LogP contribution is -2.14. The summed E-state index contributed by atoms with van der Waals surface area (Å²) < 4.78 is 7.90. The zero-order chi connectivity index (χ0) is 14.4. The quantitative estimate of drug-likeness (QED) is 0.789. The van der Waals surface area contributed by atoms with Crippen LogP contribution in [0.3, 0.4) is 0 Å². The summed E-state index contributed by atoms with van der Waals surface area (Å²) in [4.78, 5) is 4.48. The van der Waals surface area contributed by atoms with E-state index in [1.807, 2.05) is 43.5 Å². The minimum atomic E-state index is 0.0248. The molecule has 0 spiro atoms. The Morgan fingerprint density at radius 2 is 2.05 bits per heavy atom. The van der Waals surface area contributed by atoms with Crippen molar-refractivity contribution in [3.05, 3.63) is 48.0 Å². The predicted octanol–water partition coefficient (Wildman–Crippen LogP) is 2.93. The number of ether oxygens (including phenoxy) is 1. The van der Waals surface area contributed by atoms with E-state index >= 15 is 0 Å². The van der Waals surface area contributed by atoms with Gasteiger partial charge in [0.1, 0.15) is 11.6 Å². The molecule has 0 fully saturated rings. The summed E-state index contributed by atoms with van der Waals surface area (Å²) in [5.74, 6) is 2.01. The highest BCUT2D eigenvalue weighted by molar-refractivity contribution is 5.20. The third kappa shape index (κ3) is 3.61. The van der Waals surface area contributed by atoms with E-state index in [1.54, 1.807) is 0 Å². The Kier molecular flexibility index (Phi) is 5.18. The number of hydrogen-bond donors (Lipinski definition) is 1. The normalized spacial score (nSPS) is 12.3. The van der Waals surface area contributed by atoms with Crippen molar-refractivity contribution in [2.24, 2.45) is 5.73 Å². The maximum Gasteiger partial charge on any atom is 0.119 e. The van der Waals surface area contributed by atoms with E-state index in [4.69, 9.17) is 10.5 Å². The Hall–Kier alpha value is -1.81. The molecule has 0 saturated carbocycles. The van der Waals surface area contributed by atoms with Crippen molar-refractivity contribution in [3.8, 4) is 5.75 Å². The van der Waals surface area contributed by atoms with Crippen LogP contribution in [0.2, 0.25) is 0 Å². The van der Waals surface area contributed by atoms with Crippen LogP contribution < -0.4 is 10.5 Å². The summed E-state index contributed by atoms with van der Waals surface area (Å²) in [5, 5.41) is 0. The minimum Gasteiger partial charge on any atom is -0.494 e. The van der Waals surface area contributed by atoms with E-state index in [0.29, 0.717) is 6.61 Å². The van der Waals surface area contributed by atoms with E-state index in [-0.39, 0.29) is 6.04 Å². The number of nitrogens with zero attached hydrogens (tertiary/aromatic N) is 2. The van der Waals surface area contributed by atoms with Crippen LogP contribution in [0.1, 0.15) is 37.8 Å². The topological polar surface area (TPSA) is 53.1 Å². The maximum atomic E-state index is 5.95. The zero-order valence-electron chi connectivity index (χ0n) is 12.2. The molecule has 2 N–H and O–H groups in total. The molecule has 0 radical (unpaired) electrons. The van der Waals surface area contributed by atoms with Crippen molar-refractivity contribution in [2.75, 3.05) is 6.61 Å². The van der Waals surface area contributed by atoms with E-state index in [2.05, 4.69) is 16.5 Å². The largest absolute Gasteiger partial charge is 0.494 e. The van der Waals surface area contributed by atoms with E-state index < -0.39 is 0 Å². The van der Waals surface area contributed by atoms with E-state index in [0.717, 1.165) is 36.7 Å². The number of benzene rings is 1. The number of para-hydroxylation sites is 1. The fraction of sp³-hybridized carbons (Fsp3) is 0.438. The van der Waals surface area contributed by atoms with Gasteiger partial charge in [0.15, 0.2) is 0 Å². The van der Waals surface area contributed by atoms with Gasteiger partial charge in [-0.3, -0.25) is 0 Å². The molecule has 1 unspecified atom stereocenters. The molecule has 1 heterocycles. The van der Waals surface area contributed by atoms with Gasteiger partial charge in [-0.05, 0) is 32.4 Å². The highest BCUT2D eigenvalue weighted by Gasteiger charge is 2.11. The Bertz CT molecular complexity index is 520. The molecule has 4 nitrogen and oxygen atoms in total. The van der Waals surface area contributed by atoms with E-state index in [9.17, 15) is 0 Å². The molecular formula is C16H23N3O. The second-order valence-electron chi connectivity index (χ2n) is 4.90. The first-order valence-corrected chi connectivity index (χ1v) is 7.20. The van der Waals surface area contributed by atoms with Crippen LogP contribution in [0, 0.1) is 0 Å². The SMILES string of the molecule is CCn1c(C(C)N)cnc1CCCOc1ccccc1. The summed E-state index contributed by atoms with van der Waals surface area (Å²) in [5.41, 5.74) is 7.05. The highest BCUT2D eigenvalue weighted by Crippen LogP contribution is 2.14. The molecule has 2 aromatic rings. The molecule has 0 aliphatic rings. The van der Waals surface area contributed by atoms with Gasteiger partial charge in [-0.1, -0.05) is 18.2 Å². The highest BCUT2D eigenvalue weighted by atomic mass is 16.5. The van der Waals surface area contributed by atoms with Gasteiger partial charge < -0.3 is 15.0 Å². The first-order valence-electron chi connectivity index (χ1n) is 7.20. The molecule has 0 aliphatic heterocycles. The standard InChI is InChI=1S/C16H23N3O/c1-3-19-15(13(2)17)12-18-16(19)10-7-11-20-14-8-5-4-6-9-14/h4-6,8-9,12-13H,3,7,10-11,17H2,1-2H3. The lowest BCUT2D eigenvalue weighted by molar-refractivity contribution is 0.309. The zero-order valence-corrected chi connectivity index (χ0v) is 12.2. The van der Waals surface area contributed by atoms with Gasteiger partial charge in [0, 0.05) is 19.0 Å². The number of rotatable bonds is 7. The van der Waals surface area contributed by atoms with Crippen molar-refractivity contribution < 1.29 is 4.74 Å². The Balaban J connectivity index is 1.85. The number of nitrogens with two attached hydrogens (primary N) is 1. The lowest BCUT2D eigenvalue weighted by atomic mass is 10.2. The van der Waals surface area contributed by atoms with Gasteiger partial charge in [-0.15, -0.1) is 0 Å². The summed E-state index contributed by atoms with van der Waals surface area (Å²) in [6.45, 7) is 5.73. The van der Waals surface area contributed by atoms with Crippen molar-refractivity contribution >= 4 is 0 Å². The molecule has 1 atom stereocenters. The summed E-state index contributed by atoms with van der Waals surface area (Å²) in [6.07, 6.45) is 3.75. The molecule has 2 rings (SSSR count). The Morgan fingerprint density at radius 3 is 2.70 bits per heavy atom. The molecule has 0 aliphatic carbocycles. The summed E-state index contributed by atoms with van der Waals surface area (Å²) in [6, 6.07) is 9.92. The fourth-order valence-electron chi connectivity index (χ4n) is 2.29. The van der Waals surface area contributed by atoms with Gasteiger partial charge in [-0.2, -0.15) is 0 Å². The van der Waals surface area contributed by atoms with Crippen molar-refractivity contribution in [3.63, 3.8) is 0 Å². The van der Waals surface area contributed by atoms with Crippen molar-refractivity contribution in [2.45, 2.75) is 39.3 Å². The number of aryl methyl sites for hydroxylation is 1. The molecule has 1 aromatic heterocycles. The molecule has 0 amide bonds. The smallest absolute Gasteiger partial charge is 0.119 e. The molecule has 20 heavy (non-hydrogen) atoms. The first kappa shape index (κ1) is 14.6. The third-order valence-electron chi connectivity index (χ3n) is 3.31. The molecule has 0 saturated heterocycles. The predicted molar refractivity (Wildman–Crippen MR) is 80.8 cm³/mol. The lowest BCUT2D eigenvalue weighted by Gasteiger charge is -2.12. The average Bonchev–Trinajstić information content (AvgIpc) is 2.88. The van der Waals surface area contributed by atoms with Gasteiger partial charge in [0.05, 0.1) is 18.5 Å². The second-order valence-corrected chi connectivity index (χ2v) is 4.90. The number of imidazole rings is 1. The molecular weight excluding hydrogens is 250 g/mol. The van der Waals surface area contributed by atoms with Crippen LogP contribution in [-0.4, -0.2) is 16.2 Å². The van der Waals surface area contributed by atoms with Crippen LogP contribution >= 0.6 is 0 Å². The second kappa shape index (κ2) is 7.10. The number of hydrogen-bond acceptors (Lipinski definition) is 3. The van der Waals surface area contributed by atoms with Gasteiger partial charge >= 0.3 is 0 Å². The van der Waals surface area contributed by atoms with Gasteiger partial charge in [0.25, 0.3) is 0 Å². The summed E-state index contributed by atoms with van der Waals surface area (Å²) >= 11 is 0. The Labute approximate surface area is 120 Å². The first-order chi connectivity index (χ1) is 9.72. The summed E-state index contributed by atoms with van der Waals surface area (Å²) in [7, 11) is 0. The van der Waals surface area contributed by atoms with Crippen molar-refractivity contribution in [1.29, 1.82) is 0 Å². The van der Waals surface area contributed by atoms with Gasteiger partial charge in [0.2, 0.25) is 0 Å². The molecule has 0 bridgehead atoms. The minimum absolute atomic E-state index is 0.0248. The fourth-order valence-corrected chi connectivity index (χ4v) is 2.29. The van der Waals surface area contributed by atoms with Crippen LogP contribution in [0.15, 0.2) is 36.5 Å². The maximum absolute atomic E-state index is 5.95. The molecule has 108 valence electrons. The molecule has 4 heteroatoms. The van der Waals surface area contributed by atoms with Gasteiger partial charge in [-0.25, -0.2) is 4.98 Å². The van der Waals surface area contributed by atoms with Crippen LogP contribution in [0.4, 0.5) is 0 Å². The molecule has 1 aromatic carbocycles. The monoisotopic (exact) mass is 273 g/mol. The van der Waals surface area contributed by atoms with Crippen LogP contribution in [0.25, 0.3) is 0 Å². The van der Waals surface area contributed by atoms with Crippen LogP contribution in [0.5, 0.6) is 5.75 Å². The Morgan fingerprint density at radius 1 is 1.30 bits per heavy atom.